The fraction of sp³-hybridized carbons (Fsp3) is 0.348. The Morgan fingerprint density at radius 1 is 1.26 bits per heavy atom. The van der Waals surface area contributed by atoms with Crippen LogP contribution in [0.15, 0.2) is 56.9 Å². The molecule has 7 nitrogen and oxygen atoms in total. The largest absolute Gasteiger partial charge is 0.497 e. The number of methoxy groups -OCH3 is 1. The number of aromatic nitrogens is 2. The Hall–Kier alpha value is -3.00. The number of carbonyl (C=O) groups is 1. The molecule has 31 heavy (non-hydrogen) atoms. The molecule has 0 radical (unpaired) electrons. The summed E-state index contributed by atoms with van der Waals surface area (Å²) in [4.78, 5) is 29.2. The van der Waals surface area contributed by atoms with Crippen LogP contribution in [0.2, 0.25) is 0 Å². The van der Waals surface area contributed by atoms with Gasteiger partial charge in [-0.15, -0.1) is 0 Å². The first-order valence-corrected chi connectivity index (χ1v) is 11.3. The summed E-state index contributed by atoms with van der Waals surface area (Å²) in [5.41, 5.74) is 2.94. The molecule has 4 rings (SSSR count). The average Bonchev–Trinajstić information content (AvgIpc) is 3.47. The summed E-state index contributed by atoms with van der Waals surface area (Å²) in [6, 6.07) is 11.5. The molecule has 3 aromatic rings. The molecular weight excluding hydrogens is 414 g/mol. The van der Waals surface area contributed by atoms with Crippen LogP contribution in [-0.2, 0) is 30.6 Å². The second-order valence-corrected chi connectivity index (χ2v) is 8.34. The number of carbonyl (C=O) groups excluding carboxylic acids is 1. The van der Waals surface area contributed by atoms with Crippen LogP contribution < -0.4 is 15.7 Å². The van der Waals surface area contributed by atoms with E-state index in [-0.39, 0.29) is 17.3 Å². The van der Waals surface area contributed by atoms with Gasteiger partial charge in [0.1, 0.15) is 16.5 Å². The number of rotatable bonds is 9. The summed E-state index contributed by atoms with van der Waals surface area (Å²) in [7, 11) is 1.64. The van der Waals surface area contributed by atoms with Crippen LogP contribution in [0.1, 0.15) is 29.0 Å². The molecule has 0 unspecified atom stereocenters. The van der Waals surface area contributed by atoms with Crippen molar-refractivity contribution in [3.05, 3.63) is 75.7 Å². The Morgan fingerprint density at radius 2 is 2.10 bits per heavy atom. The van der Waals surface area contributed by atoms with Crippen molar-refractivity contribution in [3.63, 3.8) is 0 Å². The molecule has 2 heterocycles. The van der Waals surface area contributed by atoms with Gasteiger partial charge >= 0.3 is 5.69 Å². The summed E-state index contributed by atoms with van der Waals surface area (Å²) in [6.07, 6.45) is 5.06. The van der Waals surface area contributed by atoms with Crippen molar-refractivity contribution in [2.24, 2.45) is 0 Å². The van der Waals surface area contributed by atoms with E-state index in [1.54, 1.807) is 17.9 Å². The van der Waals surface area contributed by atoms with E-state index in [9.17, 15) is 9.59 Å². The fourth-order valence-electron chi connectivity index (χ4n) is 3.75. The quantitative estimate of drug-likeness (QED) is 0.408. The fourth-order valence-corrected chi connectivity index (χ4v) is 4.66. The summed E-state index contributed by atoms with van der Waals surface area (Å²) < 4.78 is 12.2. The number of furan rings is 1. The normalized spacial score (nSPS) is 12.5. The second kappa shape index (κ2) is 9.87. The number of amides is 1. The summed E-state index contributed by atoms with van der Waals surface area (Å²) in [6.45, 7) is 0.944. The standard InChI is InChI=1S/C23H25N3O4S/c1-29-17-9-7-16(8-10-17)11-12-24-21(27)15-31-22-19-5-2-6-20(19)26(23(28)25-22)14-18-4-3-13-30-18/h3-4,7-10,13H,2,5-6,11-12,14-15H2,1H3,(H,24,27). The van der Waals surface area contributed by atoms with Crippen LogP contribution in [0.3, 0.4) is 0 Å². The number of hydrogen-bond acceptors (Lipinski definition) is 6. The number of ether oxygens (including phenoxy) is 1. The molecule has 1 aromatic carbocycles. The number of thioether (sulfide) groups is 1. The van der Waals surface area contributed by atoms with E-state index < -0.39 is 0 Å². The summed E-state index contributed by atoms with van der Waals surface area (Å²) >= 11 is 1.34. The van der Waals surface area contributed by atoms with E-state index in [1.807, 2.05) is 36.4 Å². The molecule has 0 saturated carbocycles. The van der Waals surface area contributed by atoms with Crippen LogP contribution in [-0.4, -0.2) is 34.9 Å². The maximum absolute atomic E-state index is 12.6. The number of fused-ring (bicyclic) bond motifs is 1. The molecule has 0 saturated heterocycles. The van der Waals surface area contributed by atoms with Crippen LogP contribution in [0.5, 0.6) is 5.75 Å². The minimum absolute atomic E-state index is 0.0631. The Labute approximate surface area is 184 Å². The van der Waals surface area contributed by atoms with Crippen LogP contribution in [0, 0.1) is 0 Å². The van der Waals surface area contributed by atoms with Gasteiger partial charge in [-0.05, 0) is 55.5 Å². The number of hydrogen-bond donors (Lipinski definition) is 1. The molecular formula is C23H25N3O4S. The van der Waals surface area contributed by atoms with E-state index in [4.69, 9.17) is 9.15 Å². The first kappa shape index (κ1) is 21.2. The molecule has 1 aliphatic rings. The molecule has 1 N–H and O–H groups in total. The Bertz CT molecular complexity index is 1090. The van der Waals surface area contributed by atoms with Gasteiger partial charge in [-0.1, -0.05) is 23.9 Å². The highest BCUT2D eigenvalue weighted by Gasteiger charge is 2.23. The third kappa shape index (κ3) is 5.19. The van der Waals surface area contributed by atoms with Crippen molar-refractivity contribution in [2.45, 2.75) is 37.3 Å². The van der Waals surface area contributed by atoms with Crippen molar-refractivity contribution in [1.29, 1.82) is 0 Å². The summed E-state index contributed by atoms with van der Waals surface area (Å²) in [5.74, 6) is 1.72. The number of nitrogens with one attached hydrogen (secondary N) is 1. The monoisotopic (exact) mass is 439 g/mol. The van der Waals surface area contributed by atoms with Gasteiger partial charge in [0, 0.05) is 17.8 Å². The average molecular weight is 440 g/mol. The Kier molecular flexibility index (Phi) is 6.76. The van der Waals surface area contributed by atoms with Crippen molar-refractivity contribution < 1.29 is 13.9 Å². The van der Waals surface area contributed by atoms with Crippen molar-refractivity contribution in [2.75, 3.05) is 19.4 Å². The van der Waals surface area contributed by atoms with Gasteiger partial charge in [0.2, 0.25) is 5.91 Å². The number of benzene rings is 1. The molecule has 162 valence electrons. The highest BCUT2D eigenvalue weighted by Crippen LogP contribution is 2.29. The lowest BCUT2D eigenvalue weighted by molar-refractivity contribution is -0.118. The molecule has 2 aromatic heterocycles. The third-order valence-corrected chi connectivity index (χ3v) is 6.35. The molecule has 8 heteroatoms. The van der Waals surface area contributed by atoms with Gasteiger partial charge in [-0.3, -0.25) is 9.36 Å². The predicted octanol–water partition coefficient (Wildman–Crippen LogP) is 2.83. The molecule has 0 atom stereocenters. The van der Waals surface area contributed by atoms with E-state index in [2.05, 4.69) is 10.3 Å². The highest BCUT2D eigenvalue weighted by atomic mass is 32.2. The second-order valence-electron chi connectivity index (χ2n) is 7.38. The minimum Gasteiger partial charge on any atom is -0.497 e. The van der Waals surface area contributed by atoms with Crippen molar-refractivity contribution in [1.82, 2.24) is 14.9 Å². The topological polar surface area (TPSA) is 86.4 Å². The lowest BCUT2D eigenvalue weighted by Gasteiger charge is -2.13. The Morgan fingerprint density at radius 3 is 2.84 bits per heavy atom. The lowest BCUT2D eigenvalue weighted by atomic mass is 10.1. The van der Waals surface area contributed by atoms with Gasteiger partial charge in [0.15, 0.2) is 0 Å². The molecule has 0 fully saturated rings. The van der Waals surface area contributed by atoms with E-state index in [1.165, 1.54) is 11.8 Å². The zero-order chi connectivity index (χ0) is 21.6. The predicted molar refractivity (Wildman–Crippen MR) is 119 cm³/mol. The van der Waals surface area contributed by atoms with Gasteiger partial charge in [0.25, 0.3) is 0 Å². The Balaban J connectivity index is 1.34. The highest BCUT2D eigenvalue weighted by molar-refractivity contribution is 7.99. The molecule has 1 aliphatic carbocycles. The van der Waals surface area contributed by atoms with E-state index in [0.29, 0.717) is 18.1 Å². The summed E-state index contributed by atoms with van der Waals surface area (Å²) in [5, 5.41) is 3.62. The van der Waals surface area contributed by atoms with Gasteiger partial charge in [-0.2, -0.15) is 4.98 Å². The lowest BCUT2D eigenvalue weighted by Crippen LogP contribution is -2.29. The van der Waals surface area contributed by atoms with Crippen molar-refractivity contribution >= 4 is 17.7 Å². The molecule has 1 amide bonds. The zero-order valence-electron chi connectivity index (χ0n) is 17.4. The molecule has 0 bridgehead atoms. The van der Waals surface area contributed by atoms with Crippen molar-refractivity contribution in [3.8, 4) is 5.75 Å². The molecule has 0 spiro atoms. The number of nitrogens with zero attached hydrogens (tertiary/aromatic N) is 2. The van der Waals surface area contributed by atoms with Gasteiger partial charge < -0.3 is 14.5 Å². The first-order chi connectivity index (χ1) is 15.1. The minimum atomic E-state index is -0.292. The van der Waals surface area contributed by atoms with Crippen LogP contribution >= 0.6 is 11.8 Å². The SMILES string of the molecule is COc1ccc(CCNC(=O)CSc2nc(=O)n(Cc3ccco3)c3c2CCC3)cc1. The van der Waals surface area contributed by atoms with Gasteiger partial charge in [-0.25, -0.2) is 4.79 Å². The van der Waals surface area contributed by atoms with E-state index >= 15 is 0 Å². The molecule has 0 aliphatic heterocycles. The maximum Gasteiger partial charge on any atom is 0.349 e. The first-order valence-electron chi connectivity index (χ1n) is 10.3. The third-order valence-electron chi connectivity index (χ3n) is 5.33. The van der Waals surface area contributed by atoms with Crippen LogP contribution in [0.25, 0.3) is 0 Å². The zero-order valence-corrected chi connectivity index (χ0v) is 18.2. The van der Waals surface area contributed by atoms with Gasteiger partial charge in [0.05, 0.1) is 25.7 Å². The van der Waals surface area contributed by atoms with Crippen LogP contribution in [0.4, 0.5) is 0 Å². The maximum atomic E-state index is 12.6. The van der Waals surface area contributed by atoms with E-state index in [0.717, 1.165) is 54.0 Å². The smallest absolute Gasteiger partial charge is 0.349 e.